The van der Waals surface area contributed by atoms with E-state index in [1.54, 1.807) is 0 Å². The lowest BCUT2D eigenvalue weighted by molar-refractivity contribution is -0.114. The molecular formula is C12H11NO7S2. The Kier molecular flexibility index (Phi) is 3.96. The van der Waals surface area contributed by atoms with E-state index in [4.69, 9.17) is 0 Å². The SMILES string of the molecule is CC(=O)Nc1ccc2c(S(=O)(=O)O)cccc2c1S(=O)(=O)O. The summed E-state index contributed by atoms with van der Waals surface area (Å²) >= 11 is 0. The summed E-state index contributed by atoms with van der Waals surface area (Å²) in [7, 11) is -9.35. The third-order valence-electron chi connectivity index (χ3n) is 2.82. The van der Waals surface area contributed by atoms with Gasteiger partial charge in [-0.2, -0.15) is 16.8 Å². The molecule has 0 saturated carbocycles. The van der Waals surface area contributed by atoms with Crippen molar-refractivity contribution >= 4 is 42.6 Å². The molecular weight excluding hydrogens is 334 g/mol. The topological polar surface area (TPSA) is 138 Å². The number of carbonyl (C=O) groups excluding carboxylic acids is 1. The fourth-order valence-electron chi connectivity index (χ4n) is 2.09. The summed E-state index contributed by atoms with van der Waals surface area (Å²) in [5.41, 5.74) is -0.199. The summed E-state index contributed by atoms with van der Waals surface area (Å²) in [6, 6.07) is 5.89. The van der Waals surface area contributed by atoms with Gasteiger partial charge >= 0.3 is 0 Å². The molecule has 0 spiro atoms. The molecule has 1 amide bonds. The van der Waals surface area contributed by atoms with Crippen LogP contribution in [0.4, 0.5) is 5.69 Å². The van der Waals surface area contributed by atoms with E-state index in [-0.39, 0.29) is 16.5 Å². The molecule has 22 heavy (non-hydrogen) atoms. The van der Waals surface area contributed by atoms with Gasteiger partial charge in [0.1, 0.15) is 9.79 Å². The Morgan fingerprint density at radius 3 is 2.09 bits per heavy atom. The van der Waals surface area contributed by atoms with Crippen LogP contribution in [0, 0.1) is 0 Å². The summed E-state index contributed by atoms with van der Waals surface area (Å²) in [5, 5.41) is 1.99. The fraction of sp³-hybridized carbons (Fsp3) is 0.0833. The van der Waals surface area contributed by atoms with Crippen LogP contribution in [-0.2, 0) is 25.0 Å². The van der Waals surface area contributed by atoms with Crippen molar-refractivity contribution in [1.29, 1.82) is 0 Å². The highest BCUT2D eigenvalue weighted by atomic mass is 32.2. The van der Waals surface area contributed by atoms with Crippen molar-refractivity contribution in [2.45, 2.75) is 16.7 Å². The van der Waals surface area contributed by atoms with Crippen LogP contribution in [0.15, 0.2) is 40.1 Å². The Balaban J connectivity index is 2.99. The normalized spacial score (nSPS) is 12.3. The molecule has 0 fully saturated rings. The number of carbonyl (C=O) groups is 1. The van der Waals surface area contributed by atoms with Gasteiger partial charge in [0.05, 0.1) is 5.69 Å². The van der Waals surface area contributed by atoms with Crippen LogP contribution in [0.3, 0.4) is 0 Å². The molecule has 0 aliphatic heterocycles. The summed E-state index contributed by atoms with van der Waals surface area (Å²) in [6.07, 6.45) is 0. The zero-order valence-corrected chi connectivity index (χ0v) is 12.8. The lowest BCUT2D eigenvalue weighted by atomic mass is 10.1. The molecule has 10 heteroatoms. The van der Waals surface area contributed by atoms with Gasteiger partial charge in [-0.25, -0.2) is 0 Å². The minimum Gasteiger partial charge on any atom is -0.325 e. The average Bonchev–Trinajstić information content (AvgIpc) is 2.34. The summed E-state index contributed by atoms with van der Waals surface area (Å²) in [6.45, 7) is 1.15. The van der Waals surface area contributed by atoms with E-state index in [9.17, 15) is 30.7 Å². The van der Waals surface area contributed by atoms with Crippen LogP contribution in [0.1, 0.15) is 6.92 Å². The van der Waals surface area contributed by atoms with Gasteiger partial charge in [-0.3, -0.25) is 13.9 Å². The van der Waals surface area contributed by atoms with Gasteiger partial charge in [0.2, 0.25) is 5.91 Å². The van der Waals surface area contributed by atoms with Gasteiger partial charge in [-0.15, -0.1) is 0 Å². The molecule has 8 nitrogen and oxygen atoms in total. The third kappa shape index (κ3) is 3.09. The largest absolute Gasteiger partial charge is 0.325 e. The van der Waals surface area contributed by atoms with Crippen molar-refractivity contribution in [2.24, 2.45) is 0 Å². The maximum absolute atomic E-state index is 11.6. The second-order valence-electron chi connectivity index (χ2n) is 4.42. The Morgan fingerprint density at radius 2 is 1.59 bits per heavy atom. The van der Waals surface area contributed by atoms with Crippen LogP contribution in [-0.4, -0.2) is 31.8 Å². The number of amides is 1. The molecule has 2 aromatic rings. The first-order valence-electron chi connectivity index (χ1n) is 5.80. The Morgan fingerprint density at radius 1 is 0.955 bits per heavy atom. The van der Waals surface area contributed by atoms with Crippen LogP contribution in [0.2, 0.25) is 0 Å². The monoisotopic (exact) mass is 345 g/mol. The summed E-state index contributed by atoms with van der Waals surface area (Å²) in [4.78, 5) is 9.97. The van der Waals surface area contributed by atoms with Gasteiger partial charge in [0.15, 0.2) is 0 Å². The van der Waals surface area contributed by atoms with Crippen molar-refractivity contribution in [3.63, 3.8) is 0 Å². The summed E-state index contributed by atoms with van der Waals surface area (Å²) < 4.78 is 64.5. The van der Waals surface area contributed by atoms with E-state index in [0.717, 1.165) is 19.1 Å². The predicted octanol–water partition coefficient (Wildman–Crippen LogP) is 1.29. The Bertz CT molecular complexity index is 978. The predicted molar refractivity (Wildman–Crippen MR) is 77.9 cm³/mol. The van der Waals surface area contributed by atoms with Crippen LogP contribution >= 0.6 is 0 Å². The molecule has 2 rings (SSSR count). The maximum atomic E-state index is 11.6. The molecule has 0 unspecified atom stereocenters. The number of rotatable bonds is 3. The van der Waals surface area contributed by atoms with E-state index in [1.165, 1.54) is 18.2 Å². The number of anilines is 1. The smallest absolute Gasteiger partial charge is 0.297 e. The molecule has 0 saturated heterocycles. The van der Waals surface area contributed by atoms with Crippen LogP contribution in [0.5, 0.6) is 0 Å². The van der Waals surface area contributed by atoms with Crippen molar-refractivity contribution in [2.75, 3.05) is 5.32 Å². The molecule has 0 aliphatic carbocycles. The highest BCUT2D eigenvalue weighted by Gasteiger charge is 2.23. The van der Waals surface area contributed by atoms with Gasteiger partial charge in [-0.1, -0.05) is 18.2 Å². The number of benzene rings is 2. The molecule has 2 aromatic carbocycles. The zero-order valence-electron chi connectivity index (χ0n) is 11.1. The molecule has 118 valence electrons. The first-order chi connectivity index (χ1) is 10.0. The first kappa shape index (κ1) is 16.4. The number of fused-ring (bicyclic) bond motifs is 1. The van der Waals surface area contributed by atoms with Crippen molar-refractivity contribution in [1.82, 2.24) is 0 Å². The van der Waals surface area contributed by atoms with Gasteiger partial charge < -0.3 is 5.32 Å². The first-order valence-corrected chi connectivity index (χ1v) is 8.68. The van der Waals surface area contributed by atoms with Crippen molar-refractivity contribution in [3.05, 3.63) is 30.3 Å². The van der Waals surface area contributed by atoms with E-state index >= 15 is 0 Å². The minimum atomic E-state index is -4.76. The van der Waals surface area contributed by atoms with E-state index < -0.39 is 35.9 Å². The number of hydrogen-bond donors (Lipinski definition) is 3. The van der Waals surface area contributed by atoms with Gasteiger partial charge in [-0.05, 0) is 12.1 Å². The number of hydrogen-bond acceptors (Lipinski definition) is 5. The molecule has 0 radical (unpaired) electrons. The van der Waals surface area contributed by atoms with Crippen LogP contribution < -0.4 is 5.32 Å². The standard InChI is InChI=1S/C12H11NO7S2/c1-7(14)13-10-6-5-8-9(12(10)22(18,19)20)3-2-4-11(8)21(15,16)17/h2-6H,1H3,(H,13,14)(H,15,16,17)(H,18,19,20). The number of nitrogens with one attached hydrogen (secondary N) is 1. The van der Waals surface area contributed by atoms with Crippen molar-refractivity contribution in [3.8, 4) is 0 Å². The van der Waals surface area contributed by atoms with Crippen LogP contribution in [0.25, 0.3) is 10.8 Å². The molecule has 0 aliphatic rings. The third-order valence-corrected chi connectivity index (χ3v) is 4.69. The average molecular weight is 345 g/mol. The van der Waals surface area contributed by atoms with E-state index in [1.807, 2.05) is 0 Å². The fourth-order valence-corrected chi connectivity index (χ4v) is 3.65. The van der Waals surface area contributed by atoms with Gasteiger partial charge in [0.25, 0.3) is 20.2 Å². The van der Waals surface area contributed by atoms with Gasteiger partial charge in [0, 0.05) is 17.7 Å². The highest BCUT2D eigenvalue weighted by Crippen LogP contribution is 2.33. The Labute approximate surface area is 126 Å². The molecule has 3 N–H and O–H groups in total. The lowest BCUT2D eigenvalue weighted by Gasteiger charge is -2.12. The quantitative estimate of drug-likeness (QED) is 0.713. The maximum Gasteiger partial charge on any atom is 0.297 e. The molecule has 0 bridgehead atoms. The molecule has 0 atom stereocenters. The van der Waals surface area contributed by atoms with E-state index in [2.05, 4.69) is 5.32 Å². The molecule has 0 heterocycles. The minimum absolute atomic E-state index is 0.105. The zero-order chi connectivity index (χ0) is 16.7. The lowest BCUT2D eigenvalue weighted by Crippen LogP contribution is -2.11. The molecule has 0 aromatic heterocycles. The summed E-state index contributed by atoms with van der Waals surface area (Å²) in [5.74, 6) is -0.574. The van der Waals surface area contributed by atoms with Crippen molar-refractivity contribution < 1.29 is 30.7 Å². The Hall–Kier alpha value is -2.01. The van der Waals surface area contributed by atoms with E-state index in [0.29, 0.717) is 0 Å². The second-order valence-corrected chi connectivity index (χ2v) is 7.17. The second kappa shape index (κ2) is 5.32. The highest BCUT2D eigenvalue weighted by molar-refractivity contribution is 7.86.